The van der Waals surface area contributed by atoms with Crippen LogP contribution in [0.3, 0.4) is 0 Å². The van der Waals surface area contributed by atoms with Gasteiger partial charge in [-0.15, -0.1) is 0 Å². The number of carboxylic acid groups (broad SMARTS) is 1. The number of carbonyl (C=O) groups is 2. The highest BCUT2D eigenvalue weighted by molar-refractivity contribution is 5.99. The van der Waals surface area contributed by atoms with Crippen LogP contribution in [-0.4, -0.2) is 35.1 Å². The van der Waals surface area contributed by atoms with Crippen molar-refractivity contribution in [1.82, 2.24) is 0 Å². The average Bonchev–Trinajstić information content (AvgIpc) is 2.34. The standard InChI is InChI=1S/C10H7F3N2O5/c1-14(9(18)10(11,12)13)6-3-2-5(8(16)17)4-7(6)15(19)20/h2-4H,1H3,(H,16,17). The molecule has 0 aliphatic heterocycles. The van der Waals surface area contributed by atoms with Gasteiger partial charge in [-0.3, -0.25) is 14.9 Å². The van der Waals surface area contributed by atoms with Gasteiger partial charge in [-0.25, -0.2) is 4.79 Å². The van der Waals surface area contributed by atoms with Crippen LogP contribution >= 0.6 is 0 Å². The number of halogens is 3. The van der Waals surface area contributed by atoms with E-state index in [0.717, 1.165) is 12.1 Å². The Morgan fingerprint density at radius 2 is 1.90 bits per heavy atom. The molecule has 0 heterocycles. The summed E-state index contributed by atoms with van der Waals surface area (Å²) in [4.78, 5) is 31.4. The van der Waals surface area contributed by atoms with Crippen LogP contribution in [0, 0.1) is 10.1 Å². The van der Waals surface area contributed by atoms with Crippen LogP contribution in [0.2, 0.25) is 0 Å². The molecule has 1 N–H and O–H groups in total. The lowest BCUT2D eigenvalue weighted by molar-refractivity contribution is -0.384. The number of carboxylic acids is 1. The van der Waals surface area contributed by atoms with E-state index in [0.29, 0.717) is 13.1 Å². The Morgan fingerprint density at radius 3 is 2.30 bits per heavy atom. The molecule has 108 valence electrons. The number of nitrogens with zero attached hydrogens (tertiary/aromatic N) is 2. The molecule has 1 rings (SSSR count). The van der Waals surface area contributed by atoms with Crippen molar-refractivity contribution >= 4 is 23.3 Å². The minimum Gasteiger partial charge on any atom is -0.478 e. The lowest BCUT2D eigenvalue weighted by Crippen LogP contribution is -2.38. The quantitative estimate of drug-likeness (QED) is 0.676. The topological polar surface area (TPSA) is 101 Å². The molecule has 0 aliphatic carbocycles. The van der Waals surface area contributed by atoms with Crippen molar-refractivity contribution in [1.29, 1.82) is 0 Å². The maximum atomic E-state index is 12.3. The Balaban J connectivity index is 3.35. The zero-order valence-corrected chi connectivity index (χ0v) is 9.84. The molecule has 0 saturated carbocycles. The predicted octanol–water partition coefficient (Wildman–Crippen LogP) is 1.82. The molecule has 0 spiro atoms. The first kappa shape index (κ1) is 15.4. The molecule has 0 aromatic heterocycles. The summed E-state index contributed by atoms with van der Waals surface area (Å²) in [5.74, 6) is -3.78. The maximum absolute atomic E-state index is 12.3. The molecule has 0 fully saturated rings. The van der Waals surface area contributed by atoms with Gasteiger partial charge in [0.2, 0.25) is 0 Å². The summed E-state index contributed by atoms with van der Waals surface area (Å²) in [5, 5.41) is 19.4. The molecule has 7 nitrogen and oxygen atoms in total. The average molecular weight is 292 g/mol. The molecule has 1 amide bonds. The first-order valence-corrected chi connectivity index (χ1v) is 4.92. The molecule has 0 saturated heterocycles. The summed E-state index contributed by atoms with van der Waals surface area (Å²) >= 11 is 0. The number of anilines is 1. The zero-order valence-electron chi connectivity index (χ0n) is 9.84. The number of nitro groups is 1. The number of amides is 1. The van der Waals surface area contributed by atoms with Crippen molar-refractivity contribution in [3.05, 3.63) is 33.9 Å². The third-order valence-electron chi connectivity index (χ3n) is 2.33. The van der Waals surface area contributed by atoms with Gasteiger partial charge >= 0.3 is 18.1 Å². The maximum Gasteiger partial charge on any atom is 0.471 e. The fraction of sp³-hybridized carbons (Fsp3) is 0.200. The Morgan fingerprint density at radius 1 is 1.35 bits per heavy atom. The van der Waals surface area contributed by atoms with E-state index in [4.69, 9.17) is 5.11 Å². The summed E-state index contributed by atoms with van der Waals surface area (Å²) in [6, 6.07) is 2.22. The Hall–Kier alpha value is -2.65. The van der Waals surface area contributed by atoms with E-state index >= 15 is 0 Å². The number of carbonyl (C=O) groups excluding carboxylic acids is 1. The van der Waals surface area contributed by atoms with Crippen molar-refractivity contribution in [2.45, 2.75) is 6.18 Å². The van der Waals surface area contributed by atoms with Gasteiger partial charge in [0, 0.05) is 13.1 Å². The summed E-state index contributed by atoms with van der Waals surface area (Å²) in [6.07, 6.45) is -5.20. The highest BCUT2D eigenvalue weighted by Crippen LogP contribution is 2.31. The second kappa shape index (κ2) is 5.15. The Labute approximate surface area is 109 Å². The normalized spacial score (nSPS) is 11.0. The summed E-state index contributed by atoms with van der Waals surface area (Å²) in [7, 11) is 0.707. The van der Waals surface area contributed by atoms with Crippen molar-refractivity contribution in [3.63, 3.8) is 0 Å². The largest absolute Gasteiger partial charge is 0.478 e. The van der Waals surface area contributed by atoms with Gasteiger partial charge in [-0.2, -0.15) is 13.2 Å². The van der Waals surface area contributed by atoms with Gasteiger partial charge in [0.15, 0.2) is 0 Å². The second-order valence-electron chi connectivity index (χ2n) is 3.63. The van der Waals surface area contributed by atoms with Crippen molar-refractivity contribution in [3.8, 4) is 0 Å². The number of nitro benzene ring substituents is 1. The van der Waals surface area contributed by atoms with Crippen LogP contribution in [-0.2, 0) is 4.79 Å². The van der Waals surface area contributed by atoms with E-state index in [1.54, 1.807) is 0 Å². The predicted molar refractivity (Wildman–Crippen MR) is 59.5 cm³/mol. The van der Waals surface area contributed by atoms with Crippen LogP contribution in [0.5, 0.6) is 0 Å². The van der Waals surface area contributed by atoms with Crippen LogP contribution in [0.15, 0.2) is 18.2 Å². The molecule has 1 aromatic carbocycles. The lowest BCUT2D eigenvalue weighted by atomic mass is 10.1. The third-order valence-corrected chi connectivity index (χ3v) is 2.33. The molecule has 0 atom stereocenters. The fourth-order valence-corrected chi connectivity index (χ4v) is 1.39. The first-order chi connectivity index (χ1) is 9.05. The van der Waals surface area contributed by atoms with Gasteiger partial charge in [-0.05, 0) is 12.1 Å². The SMILES string of the molecule is CN(C(=O)C(F)(F)F)c1ccc(C(=O)O)cc1[N+](=O)[O-]. The highest BCUT2D eigenvalue weighted by atomic mass is 19.4. The second-order valence-corrected chi connectivity index (χ2v) is 3.63. The molecular weight excluding hydrogens is 285 g/mol. The van der Waals surface area contributed by atoms with E-state index in [9.17, 15) is 32.9 Å². The molecule has 0 bridgehead atoms. The van der Waals surface area contributed by atoms with Gasteiger partial charge in [0.25, 0.3) is 5.69 Å². The van der Waals surface area contributed by atoms with E-state index in [2.05, 4.69) is 0 Å². The molecular formula is C10H7F3N2O5. The van der Waals surface area contributed by atoms with Crippen LogP contribution < -0.4 is 4.90 Å². The van der Waals surface area contributed by atoms with E-state index < -0.39 is 39.9 Å². The molecule has 0 aliphatic rings. The van der Waals surface area contributed by atoms with Gasteiger partial charge in [-0.1, -0.05) is 0 Å². The number of hydrogen-bond acceptors (Lipinski definition) is 4. The zero-order chi connectivity index (χ0) is 15.7. The molecule has 10 heteroatoms. The molecule has 1 aromatic rings. The molecule has 20 heavy (non-hydrogen) atoms. The first-order valence-electron chi connectivity index (χ1n) is 4.92. The number of aromatic carboxylic acids is 1. The highest BCUT2D eigenvalue weighted by Gasteiger charge is 2.43. The lowest BCUT2D eigenvalue weighted by Gasteiger charge is -2.18. The molecule has 0 unspecified atom stereocenters. The van der Waals surface area contributed by atoms with E-state index in [1.807, 2.05) is 0 Å². The van der Waals surface area contributed by atoms with Gasteiger partial charge < -0.3 is 10.0 Å². The summed E-state index contributed by atoms with van der Waals surface area (Å²) in [6.45, 7) is 0. The number of hydrogen-bond donors (Lipinski definition) is 1. The fourth-order valence-electron chi connectivity index (χ4n) is 1.39. The van der Waals surface area contributed by atoms with Crippen molar-refractivity contribution < 1.29 is 32.8 Å². The van der Waals surface area contributed by atoms with Crippen LogP contribution in [0.1, 0.15) is 10.4 Å². The van der Waals surface area contributed by atoms with Gasteiger partial charge in [0.05, 0.1) is 10.5 Å². The van der Waals surface area contributed by atoms with E-state index in [-0.39, 0.29) is 4.90 Å². The molecule has 0 radical (unpaired) electrons. The van der Waals surface area contributed by atoms with E-state index in [1.165, 1.54) is 0 Å². The Bertz CT molecular complexity index is 585. The minimum atomic E-state index is -5.20. The van der Waals surface area contributed by atoms with Gasteiger partial charge in [0.1, 0.15) is 5.69 Å². The smallest absolute Gasteiger partial charge is 0.471 e. The number of benzene rings is 1. The number of rotatable bonds is 3. The Kier molecular flexibility index (Phi) is 3.97. The van der Waals surface area contributed by atoms with Crippen LogP contribution in [0.4, 0.5) is 24.5 Å². The van der Waals surface area contributed by atoms with Crippen LogP contribution in [0.25, 0.3) is 0 Å². The monoisotopic (exact) mass is 292 g/mol. The number of alkyl halides is 3. The minimum absolute atomic E-state index is 0.0454. The van der Waals surface area contributed by atoms with Crippen molar-refractivity contribution in [2.24, 2.45) is 0 Å². The third kappa shape index (κ3) is 3.02. The summed E-state index contributed by atoms with van der Waals surface area (Å²) < 4.78 is 36.8. The summed E-state index contributed by atoms with van der Waals surface area (Å²) in [5.41, 5.74) is -2.04. The van der Waals surface area contributed by atoms with Crippen molar-refractivity contribution in [2.75, 3.05) is 11.9 Å².